The van der Waals surface area contributed by atoms with Crippen LogP contribution in [-0.2, 0) is 0 Å². The Bertz CT molecular complexity index is 690. The summed E-state index contributed by atoms with van der Waals surface area (Å²) < 4.78 is 0. The lowest BCUT2D eigenvalue weighted by atomic mass is 10.0. The fourth-order valence-electron chi connectivity index (χ4n) is 3.73. The van der Waals surface area contributed by atoms with Gasteiger partial charge in [0.25, 0.3) is 0 Å². The number of allylic oxidation sites excluding steroid dienone is 1. The van der Waals surface area contributed by atoms with E-state index in [0.717, 1.165) is 0 Å². The van der Waals surface area contributed by atoms with E-state index in [1.807, 2.05) is 6.20 Å². The van der Waals surface area contributed by atoms with E-state index in [-0.39, 0.29) is 5.54 Å². The van der Waals surface area contributed by atoms with Crippen LogP contribution < -0.4 is 4.98 Å². The smallest absolute Gasteiger partial charge is 0.131 e. The molecule has 0 spiro atoms. The second kappa shape index (κ2) is 5.25. The Morgan fingerprint density at radius 2 is 1.77 bits per heavy atom. The van der Waals surface area contributed by atoms with Crippen LogP contribution in [0.4, 0.5) is 0 Å². The van der Waals surface area contributed by atoms with Gasteiger partial charge >= 0.3 is 0 Å². The van der Waals surface area contributed by atoms with Gasteiger partial charge in [-0.15, -0.1) is 0 Å². The predicted octanol–water partition coefficient (Wildman–Crippen LogP) is 4.68. The summed E-state index contributed by atoms with van der Waals surface area (Å²) in [6, 6.07) is 13.1. The summed E-state index contributed by atoms with van der Waals surface area (Å²) in [6.07, 6.45) is 4.48. The fourth-order valence-corrected chi connectivity index (χ4v) is 7.43. The Hall–Kier alpha value is -1.58. The van der Waals surface area contributed by atoms with E-state index in [9.17, 15) is 0 Å². The lowest BCUT2D eigenvalue weighted by Gasteiger charge is -2.37. The molecule has 3 heteroatoms. The van der Waals surface area contributed by atoms with Crippen molar-refractivity contribution in [3.63, 3.8) is 0 Å². The lowest BCUT2D eigenvalue weighted by molar-refractivity contribution is 0.509. The first kappa shape index (κ1) is 15.3. The average molecular weight is 311 g/mol. The van der Waals surface area contributed by atoms with Crippen LogP contribution in [0.2, 0.25) is 13.1 Å². The van der Waals surface area contributed by atoms with Gasteiger partial charge in [-0.2, -0.15) is 0 Å². The van der Waals surface area contributed by atoms with Gasteiger partial charge in [0, 0.05) is 28.5 Å². The van der Waals surface area contributed by atoms with Gasteiger partial charge in [0.1, 0.15) is 8.24 Å². The monoisotopic (exact) mass is 310 g/mol. The van der Waals surface area contributed by atoms with Crippen molar-refractivity contribution in [3.8, 4) is 0 Å². The summed E-state index contributed by atoms with van der Waals surface area (Å²) >= 11 is 0. The highest BCUT2D eigenvalue weighted by molar-refractivity contribution is 6.77. The quantitative estimate of drug-likeness (QED) is 0.792. The lowest BCUT2D eigenvalue weighted by Crippen LogP contribution is -2.57. The average Bonchev–Trinajstić information content (AvgIpc) is 3.02. The highest BCUT2D eigenvalue weighted by Gasteiger charge is 2.39. The Labute approximate surface area is 134 Å². The number of fused-ring (bicyclic) bond motifs is 1. The van der Waals surface area contributed by atoms with Crippen LogP contribution in [0.15, 0.2) is 48.7 Å². The van der Waals surface area contributed by atoms with Crippen molar-refractivity contribution in [2.45, 2.75) is 44.9 Å². The first-order valence-corrected chi connectivity index (χ1v) is 11.1. The highest BCUT2D eigenvalue weighted by atomic mass is 28.3. The van der Waals surface area contributed by atoms with Crippen LogP contribution in [0, 0.1) is 0 Å². The number of benzene rings is 1. The van der Waals surface area contributed by atoms with E-state index in [2.05, 4.69) is 86.3 Å². The molecular weight excluding hydrogens is 284 g/mol. The Morgan fingerprint density at radius 3 is 2.41 bits per heavy atom. The minimum atomic E-state index is -1.65. The zero-order valence-corrected chi connectivity index (χ0v) is 15.2. The molecule has 1 heterocycles. The molecule has 0 fully saturated rings. The maximum atomic E-state index is 3.93. The largest absolute Gasteiger partial charge is 0.361 e. The normalized spacial score (nSPS) is 18.2. The summed E-state index contributed by atoms with van der Waals surface area (Å²) in [6.45, 7) is 11.7. The van der Waals surface area contributed by atoms with Crippen LogP contribution in [0.1, 0.15) is 43.1 Å². The van der Waals surface area contributed by atoms with Crippen molar-refractivity contribution in [2.75, 3.05) is 0 Å². The highest BCUT2D eigenvalue weighted by Crippen LogP contribution is 2.42. The molecule has 1 aliphatic rings. The summed E-state index contributed by atoms with van der Waals surface area (Å²) in [7, 11) is -1.65. The standard InChI is InChI=1S/C19H26N2Si/c1-19(2,3)21-22(4,5)18-13-16(17-11-8-12-20-17)14-9-6-7-10-15(14)18/h6-13,18,20-21H,1-5H3. The molecule has 0 bridgehead atoms. The van der Waals surface area contributed by atoms with E-state index in [1.54, 1.807) is 0 Å². The maximum Gasteiger partial charge on any atom is 0.131 e. The van der Waals surface area contributed by atoms with Crippen LogP contribution in [0.3, 0.4) is 0 Å². The molecule has 2 N–H and O–H groups in total. The molecule has 22 heavy (non-hydrogen) atoms. The second-order valence-corrected chi connectivity index (χ2v) is 12.1. The van der Waals surface area contributed by atoms with E-state index in [0.29, 0.717) is 5.54 Å². The van der Waals surface area contributed by atoms with Crippen molar-refractivity contribution in [1.29, 1.82) is 0 Å². The van der Waals surface area contributed by atoms with Gasteiger partial charge < -0.3 is 9.97 Å². The molecule has 0 saturated carbocycles. The number of H-pyrrole nitrogens is 1. The molecular formula is C19H26N2Si. The van der Waals surface area contributed by atoms with Gasteiger partial charge in [-0.05, 0) is 44.0 Å². The molecule has 2 aromatic rings. The fraction of sp³-hybridized carbons (Fsp3) is 0.368. The van der Waals surface area contributed by atoms with Crippen LogP contribution in [0.5, 0.6) is 0 Å². The molecule has 1 atom stereocenters. The summed E-state index contributed by atoms with van der Waals surface area (Å²) in [4.78, 5) is 7.30. The van der Waals surface area contributed by atoms with E-state index in [1.165, 1.54) is 22.4 Å². The van der Waals surface area contributed by atoms with Gasteiger partial charge in [-0.3, -0.25) is 0 Å². The zero-order chi connectivity index (χ0) is 16.0. The molecule has 3 rings (SSSR count). The van der Waals surface area contributed by atoms with E-state index < -0.39 is 8.24 Å². The van der Waals surface area contributed by atoms with Gasteiger partial charge in [0.05, 0.1) is 0 Å². The number of nitrogens with one attached hydrogen (secondary N) is 2. The molecule has 1 unspecified atom stereocenters. The van der Waals surface area contributed by atoms with Crippen LogP contribution in [-0.4, -0.2) is 18.8 Å². The molecule has 0 radical (unpaired) electrons. The van der Waals surface area contributed by atoms with Gasteiger partial charge in [-0.25, -0.2) is 0 Å². The Kier molecular flexibility index (Phi) is 3.66. The number of aromatic nitrogens is 1. The molecule has 0 amide bonds. The van der Waals surface area contributed by atoms with Gasteiger partial charge in [0.15, 0.2) is 0 Å². The molecule has 1 aliphatic carbocycles. The van der Waals surface area contributed by atoms with Gasteiger partial charge in [0.2, 0.25) is 0 Å². The third kappa shape index (κ3) is 2.83. The first-order valence-electron chi connectivity index (χ1n) is 8.02. The molecule has 1 aromatic carbocycles. The topological polar surface area (TPSA) is 27.8 Å². The zero-order valence-electron chi connectivity index (χ0n) is 14.2. The molecule has 0 saturated heterocycles. The van der Waals surface area contributed by atoms with E-state index >= 15 is 0 Å². The van der Waals surface area contributed by atoms with Crippen molar-refractivity contribution in [3.05, 3.63) is 65.5 Å². The molecule has 2 nitrogen and oxygen atoms in total. The maximum absolute atomic E-state index is 3.93. The van der Waals surface area contributed by atoms with Crippen molar-refractivity contribution in [1.82, 2.24) is 9.97 Å². The van der Waals surface area contributed by atoms with E-state index in [4.69, 9.17) is 0 Å². The molecule has 0 aliphatic heterocycles. The van der Waals surface area contributed by atoms with Crippen LogP contribution in [0.25, 0.3) is 5.57 Å². The number of hydrogen-bond acceptors (Lipinski definition) is 1. The number of hydrogen-bond donors (Lipinski definition) is 2. The van der Waals surface area contributed by atoms with Crippen molar-refractivity contribution >= 4 is 13.8 Å². The molecule has 116 valence electrons. The SMILES string of the molecule is CC(C)(C)N[Si](C)(C)C1C=C(c2ccc[nH]2)c2ccccc21. The summed E-state index contributed by atoms with van der Waals surface area (Å²) in [5.41, 5.74) is 6.07. The van der Waals surface area contributed by atoms with Crippen molar-refractivity contribution < 1.29 is 0 Å². The predicted molar refractivity (Wildman–Crippen MR) is 97.4 cm³/mol. The Morgan fingerprint density at radius 1 is 1.05 bits per heavy atom. The Balaban J connectivity index is 2.06. The third-order valence-electron chi connectivity index (χ3n) is 4.28. The third-order valence-corrected chi connectivity index (χ3v) is 7.71. The second-order valence-electron chi connectivity index (χ2n) is 7.83. The van der Waals surface area contributed by atoms with Crippen molar-refractivity contribution in [2.24, 2.45) is 0 Å². The molecule has 1 aromatic heterocycles. The minimum Gasteiger partial charge on any atom is -0.361 e. The number of aromatic amines is 1. The first-order chi connectivity index (χ1) is 10.3. The minimum absolute atomic E-state index is 0.147. The summed E-state index contributed by atoms with van der Waals surface area (Å²) in [5.74, 6) is 0. The van der Waals surface area contributed by atoms with Crippen LogP contribution >= 0.6 is 0 Å². The number of rotatable bonds is 3. The van der Waals surface area contributed by atoms with Gasteiger partial charge in [-0.1, -0.05) is 43.4 Å². The summed E-state index contributed by atoms with van der Waals surface area (Å²) in [5, 5.41) is 0.